The zero-order valence-electron chi connectivity index (χ0n) is 10.1. The molecule has 1 amide bonds. The Bertz CT molecular complexity index is 496. The largest absolute Gasteiger partial charge is 0.481 e. The number of benzene rings is 1. The molecule has 0 bridgehead atoms. The first-order valence-electron chi connectivity index (χ1n) is 5.97. The molecule has 1 saturated carbocycles. The summed E-state index contributed by atoms with van der Waals surface area (Å²) in [5, 5.41) is 8.70. The van der Waals surface area contributed by atoms with E-state index in [0.29, 0.717) is 4.47 Å². The van der Waals surface area contributed by atoms with Crippen molar-refractivity contribution in [3.05, 3.63) is 34.1 Å². The number of halogens is 2. The minimum Gasteiger partial charge on any atom is -0.481 e. The molecule has 0 heterocycles. The number of hydrogen-bond acceptors (Lipinski definition) is 2. The Hall–Kier alpha value is -1.43. The van der Waals surface area contributed by atoms with Crippen LogP contribution in [0, 0.1) is 5.82 Å². The zero-order valence-corrected chi connectivity index (χ0v) is 11.7. The van der Waals surface area contributed by atoms with Gasteiger partial charge in [0.1, 0.15) is 5.82 Å². The molecule has 0 aromatic heterocycles. The molecule has 2 rings (SSSR count). The van der Waals surface area contributed by atoms with Crippen molar-refractivity contribution in [3.63, 3.8) is 0 Å². The number of rotatable bonds is 5. The molecule has 0 saturated heterocycles. The van der Waals surface area contributed by atoms with E-state index in [4.69, 9.17) is 5.11 Å². The Kier molecular flexibility index (Phi) is 4.19. The average molecular weight is 330 g/mol. The predicted octanol–water partition coefficient (Wildman–Crippen LogP) is 2.67. The number of carboxylic acids is 1. The van der Waals surface area contributed by atoms with Crippen LogP contribution in [0.15, 0.2) is 22.7 Å². The van der Waals surface area contributed by atoms with Gasteiger partial charge in [-0.15, -0.1) is 0 Å². The molecule has 1 aliphatic carbocycles. The summed E-state index contributed by atoms with van der Waals surface area (Å²) in [6.45, 7) is 0.111. The van der Waals surface area contributed by atoms with E-state index < -0.39 is 17.7 Å². The van der Waals surface area contributed by atoms with Crippen molar-refractivity contribution < 1.29 is 19.1 Å². The van der Waals surface area contributed by atoms with Crippen LogP contribution in [-0.2, 0) is 4.79 Å². The fourth-order valence-corrected chi connectivity index (χ4v) is 2.41. The fraction of sp³-hybridized carbons (Fsp3) is 0.385. The summed E-state index contributed by atoms with van der Waals surface area (Å²) < 4.78 is 14.1. The van der Waals surface area contributed by atoms with E-state index in [1.165, 1.54) is 17.0 Å². The van der Waals surface area contributed by atoms with E-state index in [-0.39, 0.29) is 24.6 Å². The van der Waals surface area contributed by atoms with Crippen molar-refractivity contribution in [2.45, 2.75) is 25.3 Å². The van der Waals surface area contributed by atoms with Crippen LogP contribution < -0.4 is 0 Å². The van der Waals surface area contributed by atoms with Gasteiger partial charge in [-0.25, -0.2) is 4.39 Å². The Labute approximate surface area is 118 Å². The lowest BCUT2D eigenvalue weighted by atomic mass is 10.1. The van der Waals surface area contributed by atoms with Crippen molar-refractivity contribution in [3.8, 4) is 0 Å². The Balaban J connectivity index is 2.21. The van der Waals surface area contributed by atoms with Gasteiger partial charge < -0.3 is 10.0 Å². The van der Waals surface area contributed by atoms with Gasteiger partial charge in [-0.05, 0) is 40.9 Å². The summed E-state index contributed by atoms with van der Waals surface area (Å²) >= 11 is 3.16. The van der Waals surface area contributed by atoms with Crippen LogP contribution in [0.3, 0.4) is 0 Å². The highest BCUT2D eigenvalue weighted by Crippen LogP contribution is 2.30. The van der Waals surface area contributed by atoms with Crippen LogP contribution >= 0.6 is 15.9 Å². The maximum Gasteiger partial charge on any atom is 0.305 e. The van der Waals surface area contributed by atoms with Gasteiger partial charge in [-0.3, -0.25) is 9.59 Å². The summed E-state index contributed by atoms with van der Waals surface area (Å²) in [5.41, 5.74) is -0.0280. The van der Waals surface area contributed by atoms with E-state index in [0.717, 1.165) is 12.8 Å². The van der Waals surface area contributed by atoms with Crippen LogP contribution in [0.4, 0.5) is 4.39 Å². The summed E-state index contributed by atoms with van der Waals surface area (Å²) in [7, 11) is 0. The number of carbonyl (C=O) groups excluding carboxylic acids is 1. The molecule has 4 nitrogen and oxygen atoms in total. The molecule has 1 aliphatic rings. The quantitative estimate of drug-likeness (QED) is 0.903. The summed E-state index contributed by atoms with van der Waals surface area (Å²) in [6, 6.07) is 4.37. The van der Waals surface area contributed by atoms with Gasteiger partial charge in [0.25, 0.3) is 5.91 Å². The normalized spacial score (nSPS) is 14.2. The molecule has 1 fully saturated rings. The smallest absolute Gasteiger partial charge is 0.305 e. The molecule has 1 aromatic rings. The molecular formula is C13H13BrFNO3. The lowest BCUT2D eigenvalue weighted by Crippen LogP contribution is -2.35. The van der Waals surface area contributed by atoms with Gasteiger partial charge >= 0.3 is 5.97 Å². The van der Waals surface area contributed by atoms with Crippen molar-refractivity contribution >= 4 is 27.8 Å². The molecule has 102 valence electrons. The number of amides is 1. The second-order valence-electron chi connectivity index (χ2n) is 4.47. The molecule has 0 spiro atoms. The lowest BCUT2D eigenvalue weighted by molar-refractivity contribution is -0.137. The standard InChI is InChI=1S/C13H13BrFNO3/c14-9-2-1-3-10(15)12(9)13(19)16(8-4-5-8)7-6-11(17)18/h1-3,8H,4-7H2,(H,17,18). The van der Waals surface area contributed by atoms with Gasteiger partial charge in [0.15, 0.2) is 0 Å². The first-order chi connectivity index (χ1) is 9.00. The SMILES string of the molecule is O=C(O)CCN(C(=O)c1c(F)cccc1Br)C1CC1. The topological polar surface area (TPSA) is 57.6 Å². The summed E-state index contributed by atoms with van der Waals surface area (Å²) in [4.78, 5) is 24.4. The van der Waals surface area contributed by atoms with Crippen molar-refractivity contribution in [2.75, 3.05) is 6.54 Å². The van der Waals surface area contributed by atoms with E-state index in [1.807, 2.05) is 0 Å². The fourth-order valence-electron chi connectivity index (χ4n) is 1.90. The van der Waals surface area contributed by atoms with E-state index in [9.17, 15) is 14.0 Å². The minimum absolute atomic E-state index is 0.0280. The molecule has 1 N–H and O–H groups in total. The van der Waals surface area contributed by atoms with Crippen molar-refractivity contribution in [1.29, 1.82) is 0 Å². The van der Waals surface area contributed by atoms with E-state index in [2.05, 4.69) is 15.9 Å². The Morgan fingerprint density at radius 1 is 1.42 bits per heavy atom. The van der Waals surface area contributed by atoms with Crippen LogP contribution in [0.2, 0.25) is 0 Å². The molecule has 0 unspecified atom stereocenters. The summed E-state index contributed by atoms with van der Waals surface area (Å²) in [6.07, 6.45) is 1.56. The highest BCUT2D eigenvalue weighted by atomic mass is 79.9. The molecule has 6 heteroatoms. The van der Waals surface area contributed by atoms with Crippen molar-refractivity contribution in [1.82, 2.24) is 4.90 Å². The molecule has 1 aromatic carbocycles. The average Bonchev–Trinajstić information content (AvgIpc) is 3.13. The number of hydrogen-bond donors (Lipinski definition) is 1. The maximum absolute atomic E-state index is 13.8. The molecular weight excluding hydrogens is 317 g/mol. The van der Waals surface area contributed by atoms with Gasteiger partial charge in [0.05, 0.1) is 12.0 Å². The third kappa shape index (κ3) is 3.32. The van der Waals surface area contributed by atoms with Gasteiger partial charge in [-0.2, -0.15) is 0 Å². The van der Waals surface area contributed by atoms with Gasteiger partial charge in [-0.1, -0.05) is 6.07 Å². The number of nitrogens with zero attached hydrogens (tertiary/aromatic N) is 1. The first-order valence-corrected chi connectivity index (χ1v) is 6.76. The second-order valence-corrected chi connectivity index (χ2v) is 5.32. The number of carbonyl (C=O) groups is 2. The van der Waals surface area contributed by atoms with Crippen LogP contribution in [-0.4, -0.2) is 34.5 Å². The second kappa shape index (κ2) is 5.69. The van der Waals surface area contributed by atoms with Crippen LogP contribution in [0.1, 0.15) is 29.6 Å². The lowest BCUT2D eigenvalue weighted by Gasteiger charge is -2.22. The number of carboxylic acid groups (broad SMARTS) is 1. The molecule has 19 heavy (non-hydrogen) atoms. The van der Waals surface area contributed by atoms with E-state index in [1.54, 1.807) is 6.07 Å². The van der Waals surface area contributed by atoms with E-state index >= 15 is 0 Å². The maximum atomic E-state index is 13.8. The van der Waals surface area contributed by atoms with Gasteiger partial charge in [0.2, 0.25) is 0 Å². The molecule has 0 aliphatic heterocycles. The van der Waals surface area contributed by atoms with Crippen LogP contribution in [0.5, 0.6) is 0 Å². The third-order valence-electron chi connectivity index (χ3n) is 2.99. The first kappa shape index (κ1) is 14.0. The zero-order chi connectivity index (χ0) is 14.0. The number of aliphatic carboxylic acids is 1. The highest BCUT2D eigenvalue weighted by Gasteiger charge is 2.34. The van der Waals surface area contributed by atoms with Crippen LogP contribution in [0.25, 0.3) is 0 Å². The minimum atomic E-state index is -0.967. The van der Waals surface area contributed by atoms with Crippen molar-refractivity contribution in [2.24, 2.45) is 0 Å². The van der Waals surface area contributed by atoms with Gasteiger partial charge in [0, 0.05) is 17.1 Å². The Morgan fingerprint density at radius 2 is 2.11 bits per heavy atom. The molecule has 0 atom stereocenters. The predicted molar refractivity (Wildman–Crippen MR) is 70.4 cm³/mol. The Morgan fingerprint density at radius 3 is 2.63 bits per heavy atom. The highest BCUT2D eigenvalue weighted by molar-refractivity contribution is 9.10. The summed E-state index contributed by atoms with van der Waals surface area (Å²) in [5.74, 6) is -2.01. The monoisotopic (exact) mass is 329 g/mol. The third-order valence-corrected chi connectivity index (χ3v) is 3.65. The molecule has 0 radical (unpaired) electrons.